The molecule has 0 nitrogen and oxygen atoms in total. The van der Waals surface area contributed by atoms with Crippen molar-refractivity contribution < 1.29 is 0 Å². The molecule has 2 unspecified atom stereocenters. The van der Waals surface area contributed by atoms with Crippen molar-refractivity contribution in [2.24, 2.45) is 0 Å². The normalized spacial score (nSPS) is 25.7. The number of rotatable bonds is 4. The Bertz CT molecular complexity index is 484. The molecule has 106 valence electrons. The average Bonchev–Trinajstić information content (AvgIpc) is 3.16. The van der Waals surface area contributed by atoms with Crippen LogP contribution in [-0.4, -0.2) is 11.5 Å². The van der Waals surface area contributed by atoms with Crippen LogP contribution >= 0.6 is 72.3 Å². The predicted octanol–water partition coefficient (Wildman–Crippen LogP) is 6.19. The van der Waals surface area contributed by atoms with Gasteiger partial charge in [0.2, 0.25) is 0 Å². The van der Waals surface area contributed by atoms with Gasteiger partial charge in [-0.25, -0.2) is 0 Å². The fourth-order valence-corrected chi connectivity index (χ4v) is 7.72. The van der Waals surface area contributed by atoms with E-state index >= 15 is 0 Å². The summed E-state index contributed by atoms with van der Waals surface area (Å²) in [6, 6.07) is 9.09. The number of benzene rings is 1. The topological polar surface area (TPSA) is 0 Å². The Balaban J connectivity index is 1.64. The molecule has 0 radical (unpaired) electrons. The summed E-state index contributed by atoms with van der Waals surface area (Å²) < 4.78 is 1.00. The summed E-state index contributed by atoms with van der Waals surface area (Å²) in [6.45, 7) is 0. The fraction of sp³-hybridized carbons (Fsp3) is 0.286. The third-order valence-electron chi connectivity index (χ3n) is 2.96. The van der Waals surface area contributed by atoms with Gasteiger partial charge in [0.15, 0.2) is 0 Å². The van der Waals surface area contributed by atoms with Crippen molar-refractivity contribution in [2.45, 2.75) is 9.16 Å². The Kier molecular flexibility index (Phi) is 5.79. The zero-order chi connectivity index (χ0) is 13.9. The maximum Gasteiger partial charge on any atom is 0.0837 e. The van der Waals surface area contributed by atoms with Crippen LogP contribution in [0.2, 0.25) is 0 Å². The maximum absolute atomic E-state index is 4.34. The van der Waals surface area contributed by atoms with Crippen LogP contribution in [-0.2, 0) is 0 Å². The van der Waals surface area contributed by atoms with Crippen molar-refractivity contribution in [3.05, 3.63) is 56.0 Å². The van der Waals surface area contributed by atoms with Crippen molar-refractivity contribution in [2.75, 3.05) is 11.5 Å². The van der Waals surface area contributed by atoms with E-state index in [1.54, 1.807) is 0 Å². The molecule has 0 aliphatic carbocycles. The van der Waals surface area contributed by atoms with E-state index in [1.165, 1.54) is 20.9 Å². The molecular weight excluding hydrogens is 361 g/mol. The van der Waals surface area contributed by atoms with Crippen molar-refractivity contribution in [1.29, 1.82) is 0 Å². The van der Waals surface area contributed by atoms with Crippen LogP contribution in [0.15, 0.2) is 44.9 Å². The summed E-state index contributed by atoms with van der Waals surface area (Å²) in [6.07, 6.45) is 0. The fourth-order valence-electron chi connectivity index (χ4n) is 1.91. The van der Waals surface area contributed by atoms with Crippen LogP contribution in [0.25, 0.3) is 0 Å². The smallest absolute Gasteiger partial charge is 0.0837 e. The van der Waals surface area contributed by atoms with Gasteiger partial charge in [0.1, 0.15) is 0 Å². The molecule has 0 saturated heterocycles. The van der Waals surface area contributed by atoms with Gasteiger partial charge in [0.25, 0.3) is 0 Å². The molecule has 0 fully saturated rings. The Morgan fingerprint density at radius 1 is 0.750 bits per heavy atom. The number of hydrogen-bond donors (Lipinski definition) is 2. The zero-order valence-electron chi connectivity index (χ0n) is 10.6. The number of thioether (sulfide) groups is 4. The molecule has 0 amide bonds. The van der Waals surface area contributed by atoms with Crippen LogP contribution < -0.4 is 0 Å². The van der Waals surface area contributed by atoms with Crippen LogP contribution in [0.3, 0.4) is 0 Å². The zero-order valence-corrected chi connectivity index (χ0v) is 15.6. The molecule has 2 aliphatic heterocycles. The molecule has 2 atom stereocenters. The number of hydrogen-bond acceptors (Lipinski definition) is 6. The van der Waals surface area contributed by atoms with Gasteiger partial charge in [-0.15, -0.1) is 47.0 Å². The summed E-state index contributed by atoms with van der Waals surface area (Å²) >= 11 is 16.3. The second kappa shape index (κ2) is 7.38. The van der Waals surface area contributed by atoms with Gasteiger partial charge in [0.05, 0.1) is 9.16 Å². The van der Waals surface area contributed by atoms with E-state index in [4.69, 9.17) is 0 Å². The number of thiol groups is 2. The monoisotopic (exact) mass is 374 g/mol. The highest BCUT2D eigenvalue weighted by Gasteiger charge is 2.22. The van der Waals surface area contributed by atoms with Gasteiger partial charge in [-0.2, -0.15) is 25.3 Å². The third kappa shape index (κ3) is 3.58. The van der Waals surface area contributed by atoms with Gasteiger partial charge in [-0.3, -0.25) is 0 Å². The van der Waals surface area contributed by atoms with Gasteiger partial charge in [-0.1, -0.05) is 24.3 Å². The second-order valence-electron chi connectivity index (χ2n) is 4.32. The van der Waals surface area contributed by atoms with E-state index in [-0.39, 0.29) is 0 Å². The summed E-state index contributed by atoms with van der Waals surface area (Å²) in [5, 5.41) is 4.48. The molecule has 20 heavy (non-hydrogen) atoms. The van der Waals surface area contributed by atoms with E-state index in [0.29, 0.717) is 9.16 Å². The average molecular weight is 375 g/mol. The minimum atomic E-state index is 0.501. The molecule has 0 aromatic heterocycles. The first kappa shape index (κ1) is 15.7. The van der Waals surface area contributed by atoms with Gasteiger partial charge < -0.3 is 0 Å². The summed E-state index contributed by atoms with van der Waals surface area (Å²) in [5.41, 5.74) is 2.79. The van der Waals surface area contributed by atoms with Crippen LogP contribution in [0.5, 0.6) is 0 Å². The highest BCUT2D eigenvalue weighted by molar-refractivity contribution is 8.23. The quantitative estimate of drug-likeness (QED) is 0.603. The second-order valence-corrected chi connectivity index (χ2v) is 9.97. The lowest BCUT2D eigenvalue weighted by atomic mass is 10.2. The Labute approximate surface area is 148 Å². The molecule has 2 aliphatic rings. The minimum Gasteiger partial charge on any atom is -0.174 e. The van der Waals surface area contributed by atoms with Gasteiger partial charge >= 0.3 is 0 Å². The largest absolute Gasteiger partial charge is 0.174 e. The molecule has 3 rings (SSSR count). The highest BCUT2D eigenvalue weighted by atomic mass is 32.2. The van der Waals surface area contributed by atoms with Gasteiger partial charge in [-0.05, 0) is 21.9 Å². The summed E-state index contributed by atoms with van der Waals surface area (Å²) in [7, 11) is 0. The first-order chi connectivity index (χ1) is 9.80. The van der Waals surface area contributed by atoms with E-state index in [1.807, 2.05) is 47.0 Å². The molecule has 0 N–H and O–H groups in total. The Morgan fingerprint density at radius 3 is 1.45 bits per heavy atom. The van der Waals surface area contributed by atoms with E-state index < -0.39 is 0 Å². The van der Waals surface area contributed by atoms with Crippen LogP contribution in [0.1, 0.15) is 20.3 Å². The molecule has 1 aromatic carbocycles. The molecule has 6 heteroatoms. The van der Waals surface area contributed by atoms with E-state index in [0.717, 1.165) is 11.5 Å². The lowest BCUT2D eigenvalue weighted by Crippen LogP contribution is -1.89. The lowest BCUT2D eigenvalue weighted by Gasteiger charge is -2.13. The summed E-state index contributed by atoms with van der Waals surface area (Å²) in [5.74, 6) is 1.69. The third-order valence-corrected chi connectivity index (χ3v) is 9.59. The SMILES string of the molecule is SCC1=CSC(c2ccc(C3SC=C(CS)S3)cc2)S1. The molecule has 0 spiro atoms. The first-order valence-electron chi connectivity index (χ1n) is 6.14. The van der Waals surface area contributed by atoms with Gasteiger partial charge in [0, 0.05) is 21.3 Å². The minimum absolute atomic E-state index is 0.501. The maximum atomic E-state index is 4.34. The molecular formula is C14H14S6. The molecule has 0 saturated carbocycles. The van der Waals surface area contributed by atoms with Crippen molar-refractivity contribution in [1.82, 2.24) is 0 Å². The van der Waals surface area contributed by atoms with E-state index in [2.05, 4.69) is 60.3 Å². The van der Waals surface area contributed by atoms with E-state index in [9.17, 15) is 0 Å². The highest BCUT2D eigenvalue weighted by Crippen LogP contribution is 2.53. The molecule has 2 heterocycles. The predicted molar refractivity (Wildman–Crippen MR) is 106 cm³/mol. The van der Waals surface area contributed by atoms with Crippen molar-refractivity contribution in [3.8, 4) is 0 Å². The lowest BCUT2D eigenvalue weighted by molar-refractivity contribution is 1.32. The Hall–Kier alpha value is 0.800. The molecule has 1 aromatic rings. The van der Waals surface area contributed by atoms with Crippen LogP contribution in [0.4, 0.5) is 0 Å². The first-order valence-corrected chi connectivity index (χ1v) is 11.0. The standard InChI is InChI=1S/C14H14S6/c15-5-11-7-17-13(19-11)9-1-2-10(4-3-9)14-18-8-12(6-16)20-14/h1-4,7-8,13-16H,5-6H2. The molecule has 0 bridgehead atoms. The van der Waals surface area contributed by atoms with Crippen LogP contribution in [0, 0.1) is 0 Å². The Morgan fingerprint density at radius 2 is 1.15 bits per heavy atom. The van der Waals surface area contributed by atoms with Crippen molar-refractivity contribution >= 4 is 72.3 Å². The van der Waals surface area contributed by atoms with Crippen molar-refractivity contribution in [3.63, 3.8) is 0 Å². The summed E-state index contributed by atoms with van der Waals surface area (Å²) in [4.78, 5) is 2.74.